The Bertz CT molecular complexity index is 878. The molecule has 0 bridgehead atoms. The van der Waals surface area contributed by atoms with E-state index < -0.39 is 0 Å². The smallest absolute Gasteiger partial charge is 0.275 e. The monoisotopic (exact) mass is 388 g/mol. The predicted molar refractivity (Wildman–Crippen MR) is 108 cm³/mol. The minimum atomic E-state index is -0.0771. The van der Waals surface area contributed by atoms with Crippen LogP contribution in [0.2, 0.25) is 5.02 Å². The van der Waals surface area contributed by atoms with Crippen molar-refractivity contribution < 1.29 is 9.69 Å². The summed E-state index contributed by atoms with van der Waals surface area (Å²) in [6.45, 7) is 4.47. The van der Waals surface area contributed by atoms with Gasteiger partial charge in [0.1, 0.15) is 6.04 Å². The second-order valence-electron chi connectivity index (χ2n) is 6.61. The first kappa shape index (κ1) is 18.8. The zero-order valence-electron chi connectivity index (χ0n) is 15.1. The van der Waals surface area contributed by atoms with Gasteiger partial charge in [-0.15, -0.1) is 11.3 Å². The molecule has 3 aromatic rings. The number of thiazole rings is 1. The second kappa shape index (κ2) is 8.16. The van der Waals surface area contributed by atoms with Crippen LogP contribution in [0.4, 0.5) is 0 Å². The molecule has 1 amide bonds. The van der Waals surface area contributed by atoms with Gasteiger partial charge in [-0.1, -0.05) is 35.9 Å². The fourth-order valence-corrected chi connectivity index (χ4v) is 4.16. The number of likely N-dealkylation sites (N-methyl/N-ethyl adjacent to an activating group) is 1. The fourth-order valence-electron chi connectivity index (χ4n) is 2.84. The van der Waals surface area contributed by atoms with Crippen LogP contribution in [0.5, 0.6) is 0 Å². The maximum absolute atomic E-state index is 12.4. The number of nitrogens with one attached hydrogen (secondary N) is 2. The second-order valence-corrected chi connectivity index (χ2v) is 8.11. The van der Waals surface area contributed by atoms with Crippen molar-refractivity contribution in [1.82, 2.24) is 10.3 Å². The maximum Gasteiger partial charge on any atom is 0.275 e. The Kier molecular flexibility index (Phi) is 5.91. The molecule has 1 heterocycles. The first-order valence-corrected chi connectivity index (χ1v) is 9.86. The lowest BCUT2D eigenvalue weighted by Crippen LogP contribution is -3.10. The number of amides is 1. The Morgan fingerprint density at radius 1 is 1.23 bits per heavy atom. The van der Waals surface area contributed by atoms with E-state index in [0.717, 1.165) is 21.0 Å². The Balaban J connectivity index is 1.61. The van der Waals surface area contributed by atoms with Crippen LogP contribution in [0.15, 0.2) is 48.5 Å². The van der Waals surface area contributed by atoms with Crippen molar-refractivity contribution in [2.24, 2.45) is 0 Å². The van der Waals surface area contributed by atoms with Crippen LogP contribution >= 0.6 is 22.9 Å². The van der Waals surface area contributed by atoms with Crippen molar-refractivity contribution in [3.05, 3.63) is 64.1 Å². The minimum absolute atomic E-state index is 0.0166. The molecule has 26 heavy (non-hydrogen) atoms. The highest BCUT2D eigenvalue weighted by Gasteiger charge is 2.22. The average Bonchev–Trinajstić information content (AvgIpc) is 3.04. The number of fused-ring (bicyclic) bond motifs is 1. The van der Waals surface area contributed by atoms with Gasteiger partial charge in [0.25, 0.3) is 5.91 Å². The summed E-state index contributed by atoms with van der Waals surface area (Å²) < 4.78 is 1.18. The number of aromatic nitrogens is 1. The first-order valence-electron chi connectivity index (χ1n) is 8.66. The third-order valence-corrected chi connectivity index (χ3v) is 6.04. The molecule has 136 valence electrons. The summed E-state index contributed by atoms with van der Waals surface area (Å²) in [5.41, 5.74) is 2.02. The molecule has 2 N–H and O–H groups in total. The van der Waals surface area contributed by atoms with Crippen LogP contribution in [0.3, 0.4) is 0 Å². The molecule has 0 saturated carbocycles. The molecule has 0 spiro atoms. The Morgan fingerprint density at radius 3 is 2.73 bits per heavy atom. The summed E-state index contributed by atoms with van der Waals surface area (Å²) >= 11 is 7.72. The van der Waals surface area contributed by atoms with E-state index in [9.17, 15) is 4.79 Å². The van der Waals surface area contributed by atoms with Gasteiger partial charge < -0.3 is 10.2 Å². The van der Waals surface area contributed by atoms with E-state index >= 15 is 0 Å². The zero-order chi connectivity index (χ0) is 18.7. The number of hydrogen-bond donors (Lipinski definition) is 2. The highest BCUT2D eigenvalue weighted by molar-refractivity contribution is 7.18. The van der Waals surface area contributed by atoms with Crippen molar-refractivity contribution >= 4 is 39.1 Å². The van der Waals surface area contributed by atoms with Crippen LogP contribution < -0.4 is 10.2 Å². The molecular weight excluding hydrogens is 366 g/mol. The topological polar surface area (TPSA) is 46.4 Å². The molecule has 4 nitrogen and oxygen atoms in total. The third-order valence-electron chi connectivity index (χ3n) is 4.59. The van der Waals surface area contributed by atoms with E-state index in [0.29, 0.717) is 11.6 Å². The van der Waals surface area contributed by atoms with Crippen molar-refractivity contribution in [1.29, 1.82) is 0 Å². The summed E-state index contributed by atoms with van der Waals surface area (Å²) in [4.78, 5) is 18.3. The van der Waals surface area contributed by atoms with Gasteiger partial charge in [0.2, 0.25) is 0 Å². The number of rotatable bonds is 6. The lowest BCUT2D eigenvalue weighted by Gasteiger charge is -2.21. The molecule has 2 aromatic carbocycles. The summed E-state index contributed by atoms with van der Waals surface area (Å²) in [6.07, 6.45) is 0. The van der Waals surface area contributed by atoms with Gasteiger partial charge in [0.05, 0.1) is 23.3 Å². The summed E-state index contributed by atoms with van der Waals surface area (Å²) in [5.74, 6) is 0.0166. The summed E-state index contributed by atoms with van der Waals surface area (Å²) in [5, 5.41) is 4.78. The van der Waals surface area contributed by atoms with Crippen LogP contribution in [-0.2, 0) is 4.79 Å². The highest BCUT2D eigenvalue weighted by Crippen LogP contribution is 2.24. The molecule has 3 atom stereocenters. The standard InChI is InChI=1S/C20H22ClN3OS/c1-13(15-7-6-8-16(21)11-15)22-19(25)12-24(3)14(2)20-23-17-9-4-5-10-18(17)26-20/h4-11,13-14H,12H2,1-3H3,(H,22,25)/p+1/t13-,14+/m1/s1. The number of carbonyl (C=O) groups excluding carboxylic acids is 1. The number of quaternary nitrogens is 1. The van der Waals surface area contributed by atoms with Gasteiger partial charge in [-0.2, -0.15) is 0 Å². The van der Waals surface area contributed by atoms with E-state index in [2.05, 4.69) is 18.3 Å². The Morgan fingerprint density at radius 2 is 2.00 bits per heavy atom. The lowest BCUT2D eigenvalue weighted by molar-refractivity contribution is -0.902. The zero-order valence-corrected chi connectivity index (χ0v) is 16.7. The van der Waals surface area contributed by atoms with Gasteiger partial charge >= 0.3 is 0 Å². The number of para-hydroxylation sites is 1. The van der Waals surface area contributed by atoms with Crippen LogP contribution in [0.1, 0.15) is 36.5 Å². The number of hydrogen-bond acceptors (Lipinski definition) is 3. The van der Waals surface area contributed by atoms with E-state index in [1.54, 1.807) is 11.3 Å². The quantitative estimate of drug-likeness (QED) is 0.679. The molecule has 0 aliphatic rings. The molecule has 1 unspecified atom stereocenters. The van der Waals surface area contributed by atoms with E-state index in [1.165, 1.54) is 4.70 Å². The number of halogens is 1. The first-order chi connectivity index (χ1) is 12.4. The summed E-state index contributed by atoms with van der Waals surface area (Å²) in [6, 6.07) is 15.8. The van der Waals surface area contributed by atoms with Gasteiger partial charge in [0, 0.05) is 5.02 Å². The van der Waals surface area contributed by atoms with Crippen LogP contribution in [-0.4, -0.2) is 24.5 Å². The van der Waals surface area contributed by atoms with Gasteiger partial charge in [-0.05, 0) is 43.7 Å². The van der Waals surface area contributed by atoms with E-state index in [4.69, 9.17) is 16.6 Å². The van der Waals surface area contributed by atoms with Gasteiger partial charge in [-0.3, -0.25) is 4.79 Å². The fraction of sp³-hybridized carbons (Fsp3) is 0.300. The molecule has 0 saturated heterocycles. The number of benzene rings is 2. The predicted octanol–water partition coefficient (Wildman–Crippen LogP) is 3.40. The molecule has 3 rings (SSSR count). The van der Waals surface area contributed by atoms with Crippen molar-refractivity contribution in [3.8, 4) is 0 Å². The Hall–Kier alpha value is -1.95. The molecule has 1 aromatic heterocycles. The van der Waals surface area contributed by atoms with Crippen LogP contribution in [0.25, 0.3) is 10.2 Å². The molecular formula is C20H23ClN3OS+. The molecule has 0 fully saturated rings. The van der Waals surface area contributed by atoms with E-state index in [-0.39, 0.29) is 18.0 Å². The van der Waals surface area contributed by atoms with Gasteiger partial charge in [-0.25, -0.2) is 4.98 Å². The molecule has 0 aliphatic heterocycles. The number of nitrogens with zero attached hydrogens (tertiary/aromatic N) is 1. The van der Waals surface area contributed by atoms with Gasteiger partial charge in [0.15, 0.2) is 11.6 Å². The molecule has 0 aliphatic carbocycles. The maximum atomic E-state index is 12.4. The average molecular weight is 389 g/mol. The van der Waals surface area contributed by atoms with Crippen molar-refractivity contribution in [3.63, 3.8) is 0 Å². The molecule has 0 radical (unpaired) electrons. The SMILES string of the molecule is C[C@@H](NC(=O)C[NH+](C)[C@@H](C)c1nc2ccccc2s1)c1cccc(Cl)c1. The van der Waals surface area contributed by atoms with Crippen molar-refractivity contribution in [2.75, 3.05) is 13.6 Å². The van der Waals surface area contributed by atoms with E-state index in [1.807, 2.05) is 56.4 Å². The number of carbonyl (C=O) groups is 1. The largest absolute Gasteiger partial charge is 0.345 e. The normalized spacial score (nSPS) is 14.8. The third kappa shape index (κ3) is 4.41. The van der Waals surface area contributed by atoms with Crippen LogP contribution in [0, 0.1) is 0 Å². The minimum Gasteiger partial charge on any atom is -0.345 e. The molecule has 6 heteroatoms. The Labute approximate surface area is 162 Å². The summed E-state index contributed by atoms with van der Waals surface area (Å²) in [7, 11) is 2.03. The highest BCUT2D eigenvalue weighted by atomic mass is 35.5. The van der Waals surface area contributed by atoms with Crippen molar-refractivity contribution in [2.45, 2.75) is 25.9 Å². The lowest BCUT2D eigenvalue weighted by atomic mass is 10.1.